The lowest BCUT2D eigenvalue weighted by Crippen LogP contribution is -2.27. The van der Waals surface area contributed by atoms with Gasteiger partial charge in [0.1, 0.15) is 12.7 Å². The zero-order valence-electron chi connectivity index (χ0n) is 33.7. The molecule has 0 aromatic carbocycles. The van der Waals surface area contributed by atoms with Crippen LogP contribution in [0.2, 0.25) is 0 Å². The Bertz CT molecular complexity index is 1010. The lowest BCUT2D eigenvalue weighted by atomic mass is 10.1. The van der Waals surface area contributed by atoms with Gasteiger partial charge < -0.3 is 20.1 Å². The molecule has 308 valence electrons. The maximum atomic E-state index is 12.1. The first-order chi connectivity index (χ1) is 25.8. The summed E-state index contributed by atoms with van der Waals surface area (Å²) in [5.41, 5.74) is 0. The SMILES string of the molecule is CCCC/C=C\CCCCCCCC(=O)NCCOP(=O)(O)OCC(O)COC(=O)CCCCCCCCCC/C=C\C/C=C\C/C=C\CCCCC. The van der Waals surface area contributed by atoms with Gasteiger partial charge in [0.05, 0.1) is 13.2 Å². The van der Waals surface area contributed by atoms with E-state index in [1.54, 1.807) is 0 Å². The van der Waals surface area contributed by atoms with Crippen LogP contribution >= 0.6 is 7.82 Å². The predicted octanol–water partition coefficient (Wildman–Crippen LogP) is 11.5. The number of ether oxygens (including phenoxy) is 1. The Hall–Kier alpha value is -2.03. The van der Waals surface area contributed by atoms with E-state index >= 15 is 0 Å². The number of nitrogens with one attached hydrogen (secondary N) is 1. The molecule has 1 amide bonds. The first-order valence-electron chi connectivity index (χ1n) is 21.1. The summed E-state index contributed by atoms with van der Waals surface area (Å²) in [7, 11) is -4.42. The maximum absolute atomic E-state index is 12.1. The van der Waals surface area contributed by atoms with Crippen molar-refractivity contribution in [3.05, 3.63) is 48.6 Å². The first kappa shape index (κ1) is 51.0. The Morgan fingerprint density at radius 2 is 1.04 bits per heavy atom. The van der Waals surface area contributed by atoms with E-state index in [0.29, 0.717) is 6.42 Å². The molecule has 9 nitrogen and oxygen atoms in total. The van der Waals surface area contributed by atoms with E-state index in [0.717, 1.165) is 77.0 Å². The number of hydrogen-bond donors (Lipinski definition) is 3. The van der Waals surface area contributed by atoms with Gasteiger partial charge in [0.2, 0.25) is 5.91 Å². The zero-order chi connectivity index (χ0) is 38.9. The quantitative estimate of drug-likeness (QED) is 0.0244. The molecule has 0 fully saturated rings. The third kappa shape index (κ3) is 41.0. The Morgan fingerprint density at radius 1 is 0.585 bits per heavy atom. The molecule has 0 aliphatic carbocycles. The van der Waals surface area contributed by atoms with Crippen molar-refractivity contribution in [1.29, 1.82) is 0 Å². The number of amides is 1. The molecule has 0 saturated heterocycles. The summed E-state index contributed by atoms with van der Waals surface area (Å²) < 4.78 is 26.8. The number of esters is 1. The van der Waals surface area contributed by atoms with Gasteiger partial charge in [-0.15, -0.1) is 0 Å². The van der Waals surface area contributed by atoms with Crippen LogP contribution in [0.4, 0.5) is 0 Å². The van der Waals surface area contributed by atoms with Gasteiger partial charge in [0.25, 0.3) is 0 Å². The van der Waals surface area contributed by atoms with Gasteiger partial charge in [-0.25, -0.2) is 4.57 Å². The van der Waals surface area contributed by atoms with Crippen molar-refractivity contribution in [3.63, 3.8) is 0 Å². The average Bonchev–Trinajstić information content (AvgIpc) is 3.14. The molecular weight excluding hydrogens is 689 g/mol. The Balaban J connectivity index is 3.62. The molecule has 0 aromatic heterocycles. The van der Waals surface area contributed by atoms with Gasteiger partial charge in [-0.3, -0.25) is 18.6 Å². The monoisotopic (exact) mass is 768 g/mol. The number of phosphoric ester groups is 1. The number of phosphoric acid groups is 1. The van der Waals surface area contributed by atoms with Gasteiger partial charge in [-0.05, 0) is 70.6 Å². The van der Waals surface area contributed by atoms with Gasteiger partial charge in [-0.2, -0.15) is 0 Å². The third-order valence-electron chi connectivity index (χ3n) is 8.73. The van der Waals surface area contributed by atoms with E-state index in [1.807, 2.05) is 0 Å². The Labute approximate surface area is 324 Å². The molecule has 0 aromatic rings. The topological polar surface area (TPSA) is 131 Å². The van der Waals surface area contributed by atoms with Crippen molar-refractivity contribution >= 4 is 19.7 Å². The summed E-state index contributed by atoms with van der Waals surface area (Å²) in [5, 5.41) is 12.7. The van der Waals surface area contributed by atoms with E-state index in [9.17, 15) is 24.2 Å². The molecule has 3 N–H and O–H groups in total. The lowest BCUT2D eigenvalue weighted by Gasteiger charge is -2.15. The summed E-state index contributed by atoms with van der Waals surface area (Å²) in [6, 6.07) is 0. The fourth-order valence-corrected chi connectivity index (χ4v) is 6.24. The number of carbonyl (C=O) groups excluding carboxylic acids is 2. The number of carbonyl (C=O) groups is 2. The minimum absolute atomic E-state index is 0.0750. The van der Waals surface area contributed by atoms with Crippen LogP contribution in [0, 0.1) is 0 Å². The summed E-state index contributed by atoms with van der Waals surface area (Å²) >= 11 is 0. The number of unbranched alkanes of at least 4 members (excludes halogenated alkanes) is 18. The second kappa shape index (κ2) is 39.7. The van der Waals surface area contributed by atoms with Gasteiger partial charge in [-0.1, -0.05) is 146 Å². The molecule has 0 spiro atoms. The van der Waals surface area contributed by atoms with Crippen LogP contribution in [0.3, 0.4) is 0 Å². The normalized spacial score (nSPS) is 13.8. The van der Waals surface area contributed by atoms with E-state index in [4.69, 9.17) is 13.8 Å². The van der Waals surface area contributed by atoms with Crippen molar-refractivity contribution in [3.8, 4) is 0 Å². The van der Waals surface area contributed by atoms with Gasteiger partial charge in [0, 0.05) is 19.4 Å². The van der Waals surface area contributed by atoms with Crippen LogP contribution in [-0.2, 0) is 27.9 Å². The molecule has 53 heavy (non-hydrogen) atoms. The second-order valence-electron chi connectivity index (χ2n) is 14.0. The number of aliphatic hydroxyl groups is 1. The molecule has 0 bridgehead atoms. The molecule has 0 saturated carbocycles. The van der Waals surface area contributed by atoms with Crippen molar-refractivity contribution < 1.29 is 37.9 Å². The second-order valence-corrected chi connectivity index (χ2v) is 15.4. The maximum Gasteiger partial charge on any atom is 0.472 e. The van der Waals surface area contributed by atoms with E-state index in [2.05, 4.69) is 67.8 Å². The summed E-state index contributed by atoms with van der Waals surface area (Å²) in [4.78, 5) is 33.8. The van der Waals surface area contributed by atoms with Crippen molar-refractivity contribution in [2.24, 2.45) is 0 Å². The number of aliphatic hydroxyl groups excluding tert-OH is 1. The lowest BCUT2D eigenvalue weighted by molar-refractivity contribution is -0.147. The highest BCUT2D eigenvalue weighted by Gasteiger charge is 2.23. The van der Waals surface area contributed by atoms with E-state index in [-0.39, 0.29) is 32.1 Å². The van der Waals surface area contributed by atoms with Gasteiger partial charge in [0.15, 0.2) is 0 Å². The molecule has 2 atom stereocenters. The third-order valence-corrected chi connectivity index (χ3v) is 9.72. The molecule has 0 aliphatic rings. The molecule has 0 heterocycles. The molecule has 0 rings (SSSR count). The fraction of sp³-hybridized carbons (Fsp3) is 0.767. The van der Waals surface area contributed by atoms with Crippen molar-refractivity contribution in [2.75, 3.05) is 26.4 Å². The highest BCUT2D eigenvalue weighted by Crippen LogP contribution is 2.42. The average molecular weight is 768 g/mol. The standard InChI is InChI=1S/C43H78NO8P/c1-3-5-7-9-11-13-15-16-17-18-19-20-21-22-23-24-26-28-30-32-34-36-43(47)50-39-41(45)40-52-53(48,49)51-38-37-44-42(46)35-33-31-29-27-25-14-12-10-8-6-4-2/h10-13,16-17,19-20,41,45H,3-9,14-15,18,21-40H2,1-2H3,(H,44,46)(H,48,49)/b12-10-,13-11-,17-16-,20-19-. The smallest absolute Gasteiger partial charge is 0.463 e. The molecule has 2 unspecified atom stereocenters. The first-order valence-corrected chi connectivity index (χ1v) is 22.6. The minimum Gasteiger partial charge on any atom is -0.463 e. The van der Waals surface area contributed by atoms with Crippen molar-refractivity contribution in [2.45, 2.75) is 187 Å². The van der Waals surface area contributed by atoms with Crippen LogP contribution in [-0.4, -0.2) is 54.3 Å². The van der Waals surface area contributed by atoms with E-state index in [1.165, 1.54) is 77.0 Å². The Morgan fingerprint density at radius 3 is 1.60 bits per heavy atom. The number of hydrogen-bond acceptors (Lipinski definition) is 7. The highest BCUT2D eigenvalue weighted by molar-refractivity contribution is 7.47. The van der Waals surface area contributed by atoms with Crippen LogP contribution in [0.1, 0.15) is 181 Å². The summed E-state index contributed by atoms with van der Waals surface area (Å²) in [5.74, 6) is -0.536. The molecule has 0 aliphatic heterocycles. The fourth-order valence-electron chi connectivity index (χ4n) is 5.48. The largest absolute Gasteiger partial charge is 0.472 e. The summed E-state index contributed by atoms with van der Waals surface area (Å²) in [6.07, 6.45) is 44.7. The highest BCUT2D eigenvalue weighted by atomic mass is 31.2. The van der Waals surface area contributed by atoms with Crippen LogP contribution in [0.15, 0.2) is 48.6 Å². The van der Waals surface area contributed by atoms with Crippen LogP contribution < -0.4 is 5.32 Å². The van der Waals surface area contributed by atoms with Crippen LogP contribution in [0.5, 0.6) is 0 Å². The van der Waals surface area contributed by atoms with Crippen molar-refractivity contribution in [1.82, 2.24) is 5.32 Å². The molecular formula is C43H78NO8P. The Kier molecular flexibility index (Phi) is 38.1. The van der Waals surface area contributed by atoms with Crippen LogP contribution in [0.25, 0.3) is 0 Å². The zero-order valence-corrected chi connectivity index (χ0v) is 34.6. The van der Waals surface area contributed by atoms with Gasteiger partial charge >= 0.3 is 13.8 Å². The minimum atomic E-state index is -4.42. The molecule has 0 radical (unpaired) electrons. The summed E-state index contributed by atoms with van der Waals surface area (Å²) in [6.45, 7) is 3.46. The predicted molar refractivity (Wildman–Crippen MR) is 220 cm³/mol. The number of allylic oxidation sites excluding steroid dienone is 8. The van der Waals surface area contributed by atoms with E-state index < -0.39 is 26.5 Å². The number of rotatable bonds is 39. The molecule has 10 heteroatoms.